The summed E-state index contributed by atoms with van der Waals surface area (Å²) in [5, 5.41) is 4.28. The second-order valence-electron chi connectivity index (χ2n) is 16.3. The summed E-state index contributed by atoms with van der Waals surface area (Å²) in [6.45, 7) is 4.67. The van der Waals surface area contributed by atoms with Gasteiger partial charge in [0.05, 0.1) is 5.69 Å². The van der Waals surface area contributed by atoms with Gasteiger partial charge in [-0.15, -0.1) is 0 Å². The Morgan fingerprint density at radius 1 is 0.433 bits per heavy atom. The molecule has 12 rings (SSSR count). The van der Waals surface area contributed by atoms with Crippen molar-refractivity contribution in [3.63, 3.8) is 0 Å². The molecule has 0 saturated carbocycles. The normalized spacial score (nSPS) is 13.0. The number of oxazole rings is 1. The molecular formula is C56H38N2O2. The van der Waals surface area contributed by atoms with Gasteiger partial charge in [0.25, 0.3) is 0 Å². The molecule has 0 aliphatic heterocycles. The molecule has 4 nitrogen and oxygen atoms in total. The summed E-state index contributed by atoms with van der Waals surface area (Å²) in [6, 6.07) is 69.0. The smallest absolute Gasteiger partial charge is 0.228 e. The molecule has 0 N–H and O–H groups in total. The van der Waals surface area contributed by atoms with Crippen LogP contribution in [-0.2, 0) is 5.41 Å². The number of rotatable bonds is 6. The molecule has 2 heterocycles. The Morgan fingerprint density at radius 3 is 1.83 bits per heavy atom. The van der Waals surface area contributed by atoms with Crippen LogP contribution in [0.4, 0.5) is 17.1 Å². The van der Waals surface area contributed by atoms with Gasteiger partial charge in [0.15, 0.2) is 11.2 Å². The SMILES string of the molecule is CC1(C)c2ccccc2-c2ccc(N(c3ccc(-c4ccc(-c5ccccc5)cc4)cc3)c3cccc4c3oc3cc(-c5nc6ccccc6o5)c5ccccc5c34)cc21. The number of anilines is 3. The minimum absolute atomic E-state index is 0.158. The fourth-order valence-electron chi connectivity index (χ4n) is 9.53. The summed E-state index contributed by atoms with van der Waals surface area (Å²) < 4.78 is 13.4. The Hall–Kier alpha value is -7.69. The van der Waals surface area contributed by atoms with Crippen LogP contribution < -0.4 is 4.90 Å². The lowest BCUT2D eigenvalue weighted by Crippen LogP contribution is -2.16. The van der Waals surface area contributed by atoms with Crippen molar-refractivity contribution in [2.24, 2.45) is 0 Å². The topological polar surface area (TPSA) is 42.4 Å². The van der Waals surface area contributed by atoms with Crippen molar-refractivity contribution in [3.05, 3.63) is 205 Å². The Kier molecular flexibility index (Phi) is 7.54. The summed E-state index contributed by atoms with van der Waals surface area (Å²) in [5.41, 5.74) is 17.0. The fraction of sp³-hybridized carbons (Fsp3) is 0.0536. The van der Waals surface area contributed by atoms with E-state index >= 15 is 0 Å². The quantitative estimate of drug-likeness (QED) is 0.169. The van der Waals surface area contributed by atoms with Crippen LogP contribution in [0.3, 0.4) is 0 Å². The van der Waals surface area contributed by atoms with Gasteiger partial charge in [-0.25, -0.2) is 4.98 Å². The van der Waals surface area contributed by atoms with Crippen LogP contribution in [-0.4, -0.2) is 4.98 Å². The number of hydrogen-bond donors (Lipinski definition) is 0. The molecule has 0 fully saturated rings. The predicted octanol–water partition coefficient (Wildman–Crippen LogP) is 15.7. The van der Waals surface area contributed by atoms with Gasteiger partial charge in [-0.1, -0.05) is 159 Å². The summed E-state index contributed by atoms with van der Waals surface area (Å²) in [5.74, 6) is 0.577. The summed E-state index contributed by atoms with van der Waals surface area (Å²) in [7, 11) is 0. The number of nitrogens with zero attached hydrogens (tertiary/aromatic N) is 2. The first-order valence-corrected chi connectivity index (χ1v) is 20.5. The molecule has 0 spiro atoms. The molecular weight excluding hydrogens is 733 g/mol. The van der Waals surface area contributed by atoms with Crippen molar-refractivity contribution >= 4 is 60.9 Å². The van der Waals surface area contributed by atoms with Crippen LogP contribution in [0.1, 0.15) is 25.0 Å². The van der Waals surface area contributed by atoms with Gasteiger partial charge in [0.1, 0.15) is 11.1 Å². The minimum atomic E-state index is -0.158. The third-order valence-electron chi connectivity index (χ3n) is 12.5. The molecule has 1 aliphatic carbocycles. The molecule has 0 atom stereocenters. The van der Waals surface area contributed by atoms with Crippen molar-refractivity contribution in [1.29, 1.82) is 0 Å². The Balaban J connectivity index is 1.04. The van der Waals surface area contributed by atoms with Crippen LogP contribution in [0.2, 0.25) is 0 Å². The molecule has 2 aromatic heterocycles. The predicted molar refractivity (Wildman–Crippen MR) is 247 cm³/mol. The molecule has 0 radical (unpaired) electrons. The highest BCUT2D eigenvalue weighted by molar-refractivity contribution is 6.23. The molecule has 9 aromatic carbocycles. The average molecular weight is 771 g/mol. The highest BCUT2D eigenvalue weighted by Gasteiger charge is 2.36. The van der Waals surface area contributed by atoms with Gasteiger partial charge in [-0.3, -0.25) is 0 Å². The van der Waals surface area contributed by atoms with Gasteiger partial charge in [0.2, 0.25) is 5.89 Å². The van der Waals surface area contributed by atoms with Crippen molar-refractivity contribution in [2.45, 2.75) is 19.3 Å². The Labute approximate surface area is 347 Å². The van der Waals surface area contributed by atoms with E-state index in [1.807, 2.05) is 24.3 Å². The maximum atomic E-state index is 7.07. The second kappa shape index (κ2) is 13.2. The van der Waals surface area contributed by atoms with Gasteiger partial charge in [0, 0.05) is 33.1 Å². The zero-order valence-corrected chi connectivity index (χ0v) is 33.2. The molecule has 0 unspecified atom stereocenters. The molecule has 0 saturated heterocycles. The van der Waals surface area contributed by atoms with Crippen LogP contribution in [0.25, 0.3) is 88.6 Å². The Morgan fingerprint density at radius 2 is 1.05 bits per heavy atom. The van der Waals surface area contributed by atoms with Crippen molar-refractivity contribution in [1.82, 2.24) is 4.98 Å². The van der Waals surface area contributed by atoms with E-state index < -0.39 is 0 Å². The molecule has 0 bridgehead atoms. The summed E-state index contributed by atoms with van der Waals surface area (Å²) >= 11 is 0. The highest BCUT2D eigenvalue weighted by Crippen LogP contribution is 2.52. The van der Waals surface area contributed by atoms with Crippen molar-refractivity contribution < 1.29 is 8.83 Å². The zero-order chi connectivity index (χ0) is 40.0. The van der Waals surface area contributed by atoms with E-state index in [0.29, 0.717) is 5.89 Å². The van der Waals surface area contributed by atoms with E-state index in [0.717, 1.165) is 72.0 Å². The van der Waals surface area contributed by atoms with Crippen LogP contribution in [0, 0.1) is 0 Å². The number of fused-ring (bicyclic) bond motifs is 9. The maximum Gasteiger partial charge on any atom is 0.228 e. The molecule has 4 heteroatoms. The van der Waals surface area contributed by atoms with Crippen LogP contribution in [0.15, 0.2) is 203 Å². The first-order valence-electron chi connectivity index (χ1n) is 20.5. The maximum absolute atomic E-state index is 7.07. The summed E-state index contributed by atoms with van der Waals surface area (Å²) in [6.07, 6.45) is 0. The van der Waals surface area contributed by atoms with Gasteiger partial charge in [-0.05, 0) is 104 Å². The number of aromatic nitrogens is 1. The van der Waals surface area contributed by atoms with Gasteiger partial charge >= 0.3 is 0 Å². The molecule has 11 aromatic rings. The number of benzene rings is 9. The standard InChI is InChI=1S/C56H38N2O2/c1-56(2)47-19-9-8-16-42(47)43-32-31-40(33-48(43)56)58(39-29-27-38(28-30-39)37-25-23-36(24-26-37)35-13-4-3-5-14-35)50-21-12-18-45-53-44-17-7-6-15-41(44)46(34-52(53)59-54(45)50)55-57-49-20-10-11-22-51(49)60-55/h3-34H,1-2H3. The largest absolute Gasteiger partial charge is 0.454 e. The molecule has 60 heavy (non-hydrogen) atoms. The first-order chi connectivity index (χ1) is 29.5. The first kappa shape index (κ1) is 34.4. The Bertz CT molecular complexity index is 3410. The van der Waals surface area contributed by atoms with E-state index in [1.54, 1.807) is 0 Å². The zero-order valence-electron chi connectivity index (χ0n) is 33.2. The number of para-hydroxylation sites is 3. The van der Waals surface area contributed by atoms with Crippen LogP contribution >= 0.6 is 0 Å². The second-order valence-corrected chi connectivity index (χ2v) is 16.3. The lowest BCUT2D eigenvalue weighted by molar-refractivity contribution is 0.620. The molecule has 0 amide bonds. The molecule has 284 valence electrons. The third-order valence-corrected chi connectivity index (χ3v) is 12.5. The van der Waals surface area contributed by atoms with Gasteiger partial charge in [-0.2, -0.15) is 0 Å². The third kappa shape index (κ3) is 5.27. The van der Waals surface area contributed by atoms with E-state index in [9.17, 15) is 0 Å². The van der Waals surface area contributed by atoms with E-state index in [-0.39, 0.29) is 5.41 Å². The molecule has 1 aliphatic rings. The summed E-state index contributed by atoms with van der Waals surface area (Å²) in [4.78, 5) is 7.26. The lowest BCUT2D eigenvalue weighted by atomic mass is 9.82. The van der Waals surface area contributed by atoms with Gasteiger partial charge < -0.3 is 13.7 Å². The monoisotopic (exact) mass is 770 g/mol. The lowest BCUT2D eigenvalue weighted by Gasteiger charge is -2.28. The number of hydrogen-bond acceptors (Lipinski definition) is 4. The number of furan rings is 1. The van der Waals surface area contributed by atoms with Crippen molar-refractivity contribution in [2.75, 3.05) is 4.90 Å². The van der Waals surface area contributed by atoms with Crippen molar-refractivity contribution in [3.8, 4) is 44.8 Å². The highest BCUT2D eigenvalue weighted by atomic mass is 16.3. The average Bonchev–Trinajstić information content (AvgIpc) is 3.98. The van der Waals surface area contributed by atoms with Crippen LogP contribution in [0.5, 0.6) is 0 Å². The van der Waals surface area contributed by atoms with E-state index in [1.165, 1.54) is 38.9 Å². The van der Waals surface area contributed by atoms with E-state index in [4.69, 9.17) is 13.8 Å². The van der Waals surface area contributed by atoms with E-state index in [2.05, 4.69) is 189 Å². The fourth-order valence-corrected chi connectivity index (χ4v) is 9.53. The minimum Gasteiger partial charge on any atom is -0.454 e.